The number of unbranched alkanes of at least 4 members (excludes halogenated alkanes) is 1. The van der Waals surface area contributed by atoms with Gasteiger partial charge in [0.25, 0.3) is 0 Å². The monoisotopic (exact) mass is 246 g/mol. The van der Waals surface area contributed by atoms with Crippen molar-refractivity contribution in [1.29, 1.82) is 0 Å². The number of hydrogen-bond acceptors (Lipinski definition) is 3. The maximum Gasteiger partial charge on any atom is 0.0534 e. The van der Waals surface area contributed by atoms with E-state index in [2.05, 4.69) is 13.8 Å². The average molecular weight is 246 g/mol. The van der Waals surface area contributed by atoms with Gasteiger partial charge in [-0.25, -0.2) is 0 Å². The molecule has 3 N–H and O–H groups in total. The Morgan fingerprint density at radius 3 is 1.88 bits per heavy atom. The molecule has 0 amide bonds. The Bertz CT molecular complexity index is 170. The lowest BCUT2D eigenvalue weighted by Crippen LogP contribution is -2.41. The Balaban J connectivity index is 4.40. The standard InChI is InChI=1S/C14H30O3/c1-4-6-7-13(5-2)8-12(3)14(9-15,10-16)11-17/h12-13,15-17H,4-11H2,1-3H3. The van der Waals surface area contributed by atoms with E-state index in [1.54, 1.807) is 0 Å². The summed E-state index contributed by atoms with van der Waals surface area (Å²) in [5.74, 6) is 0.776. The van der Waals surface area contributed by atoms with E-state index < -0.39 is 5.41 Å². The topological polar surface area (TPSA) is 60.7 Å². The third-order valence-electron chi connectivity index (χ3n) is 4.22. The molecule has 0 saturated heterocycles. The number of aliphatic hydroxyl groups is 3. The normalized spacial score (nSPS) is 15.9. The van der Waals surface area contributed by atoms with Crippen LogP contribution in [0.1, 0.15) is 52.9 Å². The van der Waals surface area contributed by atoms with Crippen molar-refractivity contribution in [3.05, 3.63) is 0 Å². The van der Waals surface area contributed by atoms with E-state index in [0.717, 1.165) is 12.8 Å². The molecule has 0 aliphatic heterocycles. The summed E-state index contributed by atoms with van der Waals surface area (Å²) in [7, 11) is 0. The lowest BCUT2D eigenvalue weighted by Gasteiger charge is -2.36. The molecule has 3 heteroatoms. The Morgan fingerprint density at radius 1 is 1.00 bits per heavy atom. The van der Waals surface area contributed by atoms with E-state index in [-0.39, 0.29) is 25.7 Å². The maximum atomic E-state index is 9.39. The maximum absolute atomic E-state index is 9.39. The molecule has 0 aliphatic rings. The Kier molecular flexibility index (Phi) is 8.83. The highest BCUT2D eigenvalue weighted by molar-refractivity contribution is 4.84. The predicted octanol–water partition coefficient (Wildman–Crippen LogP) is 2.19. The molecule has 3 nitrogen and oxygen atoms in total. The third-order valence-corrected chi connectivity index (χ3v) is 4.22. The highest BCUT2D eigenvalue weighted by Gasteiger charge is 2.35. The van der Waals surface area contributed by atoms with E-state index in [9.17, 15) is 15.3 Å². The molecule has 0 heterocycles. The summed E-state index contributed by atoms with van der Waals surface area (Å²) >= 11 is 0. The van der Waals surface area contributed by atoms with E-state index in [1.165, 1.54) is 19.3 Å². The number of hydrogen-bond donors (Lipinski definition) is 3. The molecular weight excluding hydrogens is 216 g/mol. The van der Waals surface area contributed by atoms with Crippen LogP contribution in [0.4, 0.5) is 0 Å². The van der Waals surface area contributed by atoms with Crippen molar-refractivity contribution in [1.82, 2.24) is 0 Å². The van der Waals surface area contributed by atoms with Crippen LogP contribution in [-0.2, 0) is 0 Å². The van der Waals surface area contributed by atoms with Crippen LogP contribution in [-0.4, -0.2) is 35.1 Å². The molecule has 0 rings (SSSR count). The summed E-state index contributed by atoms with van der Waals surface area (Å²) in [5, 5.41) is 28.2. The lowest BCUT2D eigenvalue weighted by atomic mass is 9.73. The highest BCUT2D eigenvalue weighted by Crippen LogP contribution is 2.33. The fraction of sp³-hybridized carbons (Fsp3) is 1.00. The van der Waals surface area contributed by atoms with Crippen molar-refractivity contribution in [2.45, 2.75) is 52.9 Å². The van der Waals surface area contributed by atoms with Crippen LogP contribution in [0.2, 0.25) is 0 Å². The molecule has 0 fully saturated rings. The second-order valence-corrected chi connectivity index (χ2v) is 5.39. The minimum atomic E-state index is -0.723. The van der Waals surface area contributed by atoms with Gasteiger partial charge in [-0.1, -0.05) is 46.5 Å². The zero-order chi connectivity index (χ0) is 13.3. The molecular formula is C14H30O3. The Morgan fingerprint density at radius 2 is 1.53 bits per heavy atom. The van der Waals surface area contributed by atoms with Crippen LogP contribution in [0.25, 0.3) is 0 Å². The third kappa shape index (κ3) is 4.94. The predicted molar refractivity (Wildman–Crippen MR) is 70.8 cm³/mol. The number of aliphatic hydroxyl groups excluding tert-OH is 3. The van der Waals surface area contributed by atoms with Crippen molar-refractivity contribution in [3.8, 4) is 0 Å². The fourth-order valence-electron chi connectivity index (χ4n) is 2.35. The quantitative estimate of drug-likeness (QED) is 0.554. The molecule has 0 saturated carbocycles. The molecule has 0 aromatic heterocycles. The van der Waals surface area contributed by atoms with E-state index >= 15 is 0 Å². The van der Waals surface area contributed by atoms with Crippen LogP contribution in [0, 0.1) is 17.3 Å². The van der Waals surface area contributed by atoms with Gasteiger partial charge in [0, 0.05) is 5.41 Å². The van der Waals surface area contributed by atoms with Crippen molar-refractivity contribution in [3.63, 3.8) is 0 Å². The first-order valence-electron chi connectivity index (χ1n) is 6.92. The number of rotatable bonds is 10. The smallest absolute Gasteiger partial charge is 0.0534 e. The van der Waals surface area contributed by atoms with Crippen molar-refractivity contribution in [2.75, 3.05) is 19.8 Å². The first-order chi connectivity index (χ1) is 8.10. The van der Waals surface area contributed by atoms with Crippen molar-refractivity contribution < 1.29 is 15.3 Å². The Hall–Kier alpha value is -0.120. The average Bonchev–Trinajstić information content (AvgIpc) is 2.37. The molecule has 2 unspecified atom stereocenters. The molecule has 0 radical (unpaired) electrons. The second-order valence-electron chi connectivity index (χ2n) is 5.39. The summed E-state index contributed by atoms with van der Waals surface area (Å²) in [6.45, 7) is 5.96. The summed E-state index contributed by atoms with van der Waals surface area (Å²) < 4.78 is 0. The summed E-state index contributed by atoms with van der Waals surface area (Å²) in [5.41, 5.74) is -0.723. The van der Waals surface area contributed by atoms with Gasteiger partial charge in [-0.2, -0.15) is 0 Å². The van der Waals surface area contributed by atoms with Gasteiger partial charge in [0.1, 0.15) is 0 Å². The van der Waals surface area contributed by atoms with Gasteiger partial charge in [-0.3, -0.25) is 0 Å². The van der Waals surface area contributed by atoms with Crippen LogP contribution >= 0.6 is 0 Å². The van der Waals surface area contributed by atoms with Crippen LogP contribution in [0.3, 0.4) is 0 Å². The van der Waals surface area contributed by atoms with Crippen molar-refractivity contribution >= 4 is 0 Å². The minimum absolute atomic E-state index is 0.143. The van der Waals surface area contributed by atoms with Gasteiger partial charge in [0.2, 0.25) is 0 Å². The van der Waals surface area contributed by atoms with Gasteiger partial charge < -0.3 is 15.3 Å². The molecule has 0 spiro atoms. The molecule has 0 bridgehead atoms. The van der Waals surface area contributed by atoms with Gasteiger partial charge in [0.15, 0.2) is 0 Å². The summed E-state index contributed by atoms with van der Waals surface area (Å²) in [6, 6.07) is 0. The molecule has 2 atom stereocenters. The van der Waals surface area contributed by atoms with Gasteiger partial charge >= 0.3 is 0 Å². The lowest BCUT2D eigenvalue weighted by molar-refractivity contribution is -0.0403. The minimum Gasteiger partial charge on any atom is -0.396 e. The molecule has 0 aromatic rings. The molecule has 0 aromatic carbocycles. The molecule has 0 aliphatic carbocycles. The van der Waals surface area contributed by atoms with E-state index in [4.69, 9.17) is 0 Å². The largest absolute Gasteiger partial charge is 0.396 e. The SMILES string of the molecule is CCCCC(CC)CC(C)C(CO)(CO)CO. The summed E-state index contributed by atoms with van der Waals surface area (Å²) in [4.78, 5) is 0. The Labute approximate surface area is 106 Å². The second kappa shape index (κ2) is 8.90. The first-order valence-corrected chi connectivity index (χ1v) is 6.92. The fourth-order valence-corrected chi connectivity index (χ4v) is 2.35. The van der Waals surface area contributed by atoms with E-state index in [0.29, 0.717) is 5.92 Å². The van der Waals surface area contributed by atoms with Crippen LogP contribution in [0.15, 0.2) is 0 Å². The zero-order valence-corrected chi connectivity index (χ0v) is 11.7. The molecule has 104 valence electrons. The van der Waals surface area contributed by atoms with Gasteiger partial charge in [0.05, 0.1) is 19.8 Å². The first kappa shape index (κ1) is 16.9. The summed E-state index contributed by atoms with van der Waals surface area (Å²) in [6.07, 6.45) is 5.74. The zero-order valence-electron chi connectivity index (χ0n) is 11.7. The van der Waals surface area contributed by atoms with Gasteiger partial charge in [-0.05, 0) is 18.3 Å². The van der Waals surface area contributed by atoms with E-state index in [1.807, 2.05) is 6.92 Å². The van der Waals surface area contributed by atoms with Crippen molar-refractivity contribution in [2.24, 2.45) is 17.3 Å². The highest BCUT2D eigenvalue weighted by atomic mass is 16.3. The molecule has 17 heavy (non-hydrogen) atoms. The van der Waals surface area contributed by atoms with Crippen LogP contribution in [0.5, 0.6) is 0 Å². The van der Waals surface area contributed by atoms with Gasteiger partial charge in [-0.15, -0.1) is 0 Å². The van der Waals surface area contributed by atoms with Crippen LogP contribution < -0.4 is 0 Å².